The fourth-order valence-electron chi connectivity index (χ4n) is 1.57. The first-order chi connectivity index (χ1) is 9.90. The molecule has 0 aliphatic carbocycles. The van der Waals surface area contributed by atoms with Gasteiger partial charge in [0.2, 0.25) is 0 Å². The number of nitrogens with one attached hydrogen (secondary N) is 1. The lowest BCUT2D eigenvalue weighted by molar-refractivity contribution is 0.0698. The molecule has 1 heterocycles. The van der Waals surface area contributed by atoms with Gasteiger partial charge in [-0.25, -0.2) is 9.78 Å². The van der Waals surface area contributed by atoms with E-state index in [0.29, 0.717) is 5.02 Å². The first-order valence-corrected chi connectivity index (χ1v) is 6.67. The SMILES string of the molecule is O=C(Nc1c(Cl)ccc(Cl)c1C(=O)O)c1ccc(Cl)cn1. The second kappa shape index (κ2) is 6.30. The molecule has 0 saturated heterocycles. The largest absolute Gasteiger partial charge is 0.478 e. The molecule has 0 bridgehead atoms. The molecule has 2 aromatic rings. The van der Waals surface area contributed by atoms with Gasteiger partial charge in [0.1, 0.15) is 11.3 Å². The summed E-state index contributed by atoms with van der Waals surface area (Å²) in [6, 6.07) is 5.61. The molecule has 1 aromatic carbocycles. The molecule has 1 aromatic heterocycles. The van der Waals surface area contributed by atoms with Gasteiger partial charge in [0.05, 0.1) is 20.8 Å². The van der Waals surface area contributed by atoms with Gasteiger partial charge >= 0.3 is 5.97 Å². The Morgan fingerprint density at radius 2 is 1.71 bits per heavy atom. The van der Waals surface area contributed by atoms with Gasteiger partial charge < -0.3 is 10.4 Å². The molecule has 0 fully saturated rings. The highest BCUT2D eigenvalue weighted by Crippen LogP contribution is 2.32. The number of hydrogen-bond donors (Lipinski definition) is 2. The van der Waals surface area contributed by atoms with E-state index >= 15 is 0 Å². The van der Waals surface area contributed by atoms with E-state index in [4.69, 9.17) is 39.9 Å². The quantitative estimate of drug-likeness (QED) is 0.881. The van der Waals surface area contributed by atoms with Crippen LogP contribution in [0.2, 0.25) is 15.1 Å². The number of carbonyl (C=O) groups is 2. The van der Waals surface area contributed by atoms with E-state index in [-0.39, 0.29) is 27.0 Å². The molecule has 1 amide bonds. The number of amides is 1. The number of nitrogens with zero attached hydrogens (tertiary/aromatic N) is 1. The molecule has 108 valence electrons. The van der Waals surface area contributed by atoms with Crippen LogP contribution in [0.4, 0.5) is 5.69 Å². The lowest BCUT2D eigenvalue weighted by atomic mass is 10.1. The number of benzene rings is 1. The molecule has 0 aliphatic heterocycles. The number of hydrogen-bond acceptors (Lipinski definition) is 3. The number of anilines is 1. The zero-order valence-electron chi connectivity index (χ0n) is 10.2. The minimum atomic E-state index is -1.30. The van der Waals surface area contributed by atoms with Crippen LogP contribution in [0.1, 0.15) is 20.8 Å². The van der Waals surface area contributed by atoms with Gasteiger partial charge in [0, 0.05) is 6.20 Å². The van der Waals surface area contributed by atoms with Crippen LogP contribution in [-0.2, 0) is 0 Å². The summed E-state index contributed by atoms with van der Waals surface area (Å²) in [5.41, 5.74) is -0.309. The Labute approximate surface area is 134 Å². The molecular weight excluding hydrogens is 339 g/mol. The van der Waals surface area contributed by atoms with E-state index in [1.807, 2.05) is 0 Å². The molecular formula is C13H7Cl3N2O3. The van der Waals surface area contributed by atoms with Crippen LogP contribution < -0.4 is 5.32 Å². The van der Waals surface area contributed by atoms with Crippen LogP contribution in [0.15, 0.2) is 30.5 Å². The average Bonchev–Trinajstić information content (AvgIpc) is 2.43. The maximum absolute atomic E-state index is 12.1. The van der Waals surface area contributed by atoms with Crippen molar-refractivity contribution < 1.29 is 14.7 Å². The van der Waals surface area contributed by atoms with Crippen LogP contribution in [0, 0.1) is 0 Å². The van der Waals surface area contributed by atoms with E-state index < -0.39 is 11.9 Å². The number of carboxylic acid groups (broad SMARTS) is 1. The molecule has 0 atom stereocenters. The highest BCUT2D eigenvalue weighted by atomic mass is 35.5. The van der Waals surface area contributed by atoms with Crippen LogP contribution in [0.3, 0.4) is 0 Å². The summed E-state index contributed by atoms with van der Waals surface area (Å²) in [5, 5.41) is 12.0. The maximum Gasteiger partial charge on any atom is 0.339 e. The minimum Gasteiger partial charge on any atom is -0.478 e. The fraction of sp³-hybridized carbons (Fsp3) is 0. The Hall–Kier alpha value is -1.82. The first-order valence-electron chi connectivity index (χ1n) is 5.54. The van der Waals surface area contributed by atoms with Crippen molar-refractivity contribution in [3.63, 3.8) is 0 Å². The Kier molecular flexibility index (Phi) is 4.67. The van der Waals surface area contributed by atoms with Crippen molar-refractivity contribution in [2.24, 2.45) is 0 Å². The number of aromatic nitrogens is 1. The van der Waals surface area contributed by atoms with E-state index in [1.165, 1.54) is 30.5 Å². The monoisotopic (exact) mass is 344 g/mol. The smallest absolute Gasteiger partial charge is 0.339 e. The number of aromatic carboxylic acids is 1. The summed E-state index contributed by atoms with van der Waals surface area (Å²) in [7, 11) is 0. The zero-order chi connectivity index (χ0) is 15.6. The summed E-state index contributed by atoms with van der Waals surface area (Å²) in [6.07, 6.45) is 1.30. The molecule has 5 nitrogen and oxygen atoms in total. The summed E-state index contributed by atoms with van der Waals surface area (Å²) in [4.78, 5) is 27.1. The molecule has 0 aliphatic rings. The number of carboxylic acids is 1. The van der Waals surface area contributed by atoms with Crippen molar-refractivity contribution >= 4 is 52.4 Å². The molecule has 2 N–H and O–H groups in total. The lowest BCUT2D eigenvalue weighted by Crippen LogP contribution is -2.16. The van der Waals surface area contributed by atoms with Crippen molar-refractivity contribution in [3.05, 3.63) is 56.8 Å². The molecule has 8 heteroatoms. The summed E-state index contributed by atoms with van der Waals surface area (Å²) in [5.74, 6) is -1.93. The first kappa shape index (κ1) is 15.6. The Morgan fingerprint density at radius 1 is 1.05 bits per heavy atom. The average molecular weight is 346 g/mol. The van der Waals surface area contributed by atoms with Crippen molar-refractivity contribution in [2.45, 2.75) is 0 Å². The maximum atomic E-state index is 12.1. The van der Waals surface area contributed by atoms with E-state index in [0.717, 1.165) is 0 Å². The van der Waals surface area contributed by atoms with Gasteiger partial charge in [-0.15, -0.1) is 0 Å². The molecule has 0 unspecified atom stereocenters. The number of pyridine rings is 1. The fourth-order valence-corrected chi connectivity index (χ4v) is 2.13. The van der Waals surface area contributed by atoms with Crippen LogP contribution in [0.5, 0.6) is 0 Å². The number of rotatable bonds is 3. The van der Waals surface area contributed by atoms with Gasteiger partial charge in [-0.05, 0) is 24.3 Å². The topological polar surface area (TPSA) is 79.3 Å². The highest BCUT2D eigenvalue weighted by molar-refractivity contribution is 6.38. The van der Waals surface area contributed by atoms with Crippen molar-refractivity contribution in [1.82, 2.24) is 4.98 Å². The van der Waals surface area contributed by atoms with E-state index in [2.05, 4.69) is 10.3 Å². The third-order valence-corrected chi connectivity index (χ3v) is 3.37. The van der Waals surface area contributed by atoms with E-state index in [9.17, 15) is 9.59 Å². The molecule has 0 saturated carbocycles. The summed E-state index contributed by atoms with van der Waals surface area (Å²) < 4.78 is 0. The Morgan fingerprint density at radius 3 is 2.29 bits per heavy atom. The number of halogens is 3. The third kappa shape index (κ3) is 3.44. The van der Waals surface area contributed by atoms with Crippen LogP contribution in [-0.4, -0.2) is 22.0 Å². The predicted octanol–water partition coefficient (Wildman–Crippen LogP) is 3.99. The van der Waals surface area contributed by atoms with Gasteiger partial charge in [0.15, 0.2) is 0 Å². The molecule has 2 rings (SSSR count). The lowest BCUT2D eigenvalue weighted by Gasteiger charge is -2.11. The molecule has 0 spiro atoms. The summed E-state index contributed by atoms with van der Waals surface area (Å²) in [6.45, 7) is 0. The van der Waals surface area contributed by atoms with Crippen LogP contribution in [0.25, 0.3) is 0 Å². The Bertz CT molecular complexity index is 717. The third-order valence-electron chi connectivity index (χ3n) is 2.52. The normalized spacial score (nSPS) is 10.2. The predicted molar refractivity (Wildman–Crippen MR) is 80.6 cm³/mol. The molecule has 21 heavy (non-hydrogen) atoms. The highest BCUT2D eigenvalue weighted by Gasteiger charge is 2.20. The van der Waals surface area contributed by atoms with Gasteiger partial charge in [-0.3, -0.25) is 4.79 Å². The van der Waals surface area contributed by atoms with Crippen molar-refractivity contribution in [1.29, 1.82) is 0 Å². The number of carbonyl (C=O) groups excluding carboxylic acids is 1. The second-order valence-electron chi connectivity index (χ2n) is 3.90. The molecule has 0 radical (unpaired) electrons. The zero-order valence-corrected chi connectivity index (χ0v) is 12.5. The van der Waals surface area contributed by atoms with E-state index in [1.54, 1.807) is 0 Å². The standard InChI is InChI=1S/C13H7Cl3N2O3/c14-6-1-4-9(17-5-6)12(19)18-11-8(16)3-2-7(15)10(11)13(20)21/h1-5H,(H,18,19)(H,20,21). The summed E-state index contributed by atoms with van der Waals surface area (Å²) >= 11 is 17.4. The minimum absolute atomic E-state index is 0.0359. The Balaban J connectivity index is 2.39. The van der Waals surface area contributed by atoms with Gasteiger partial charge in [0.25, 0.3) is 5.91 Å². The van der Waals surface area contributed by atoms with Gasteiger partial charge in [-0.2, -0.15) is 0 Å². The van der Waals surface area contributed by atoms with Crippen molar-refractivity contribution in [2.75, 3.05) is 5.32 Å². The van der Waals surface area contributed by atoms with Crippen molar-refractivity contribution in [3.8, 4) is 0 Å². The second-order valence-corrected chi connectivity index (χ2v) is 5.15. The van der Waals surface area contributed by atoms with Gasteiger partial charge in [-0.1, -0.05) is 34.8 Å². The van der Waals surface area contributed by atoms with Crippen LogP contribution >= 0.6 is 34.8 Å².